The maximum absolute atomic E-state index is 11.8. The molecule has 0 spiro atoms. The summed E-state index contributed by atoms with van der Waals surface area (Å²) in [5, 5.41) is 9.47. The highest BCUT2D eigenvalue weighted by molar-refractivity contribution is 5.74. The quantitative estimate of drug-likeness (QED) is 0.432. The fourth-order valence-electron chi connectivity index (χ4n) is 3.63. The largest absolute Gasteiger partial charge is 0.458 e. The van der Waals surface area contributed by atoms with Crippen LogP contribution >= 0.6 is 0 Å². The molecule has 6 heteroatoms. The Morgan fingerprint density at radius 2 is 2.17 bits per heavy atom. The van der Waals surface area contributed by atoms with Gasteiger partial charge in [-0.1, -0.05) is 0 Å². The number of ether oxygens (including phenoxy) is 2. The molecule has 2 heterocycles. The van der Waals surface area contributed by atoms with E-state index >= 15 is 0 Å². The van der Waals surface area contributed by atoms with Gasteiger partial charge in [-0.15, -0.1) is 0 Å². The molecule has 5 unspecified atom stereocenters. The fraction of sp³-hybridized carbons (Fsp3) is 0.833. The van der Waals surface area contributed by atoms with Gasteiger partial charge in [0.05, 0.1) is 5.92 Å². The van der Waals surface area contributed by atoms with Gasteiger partial charge in [0, 0.05) is 13.0 Å². The number of carbonyl (C=O) groups is 2. The lowest BCUT2D eigenvalue weighted by Crippen LogP contribution is -2.46. The molecule has 1 amide bonds. The van der Waals surface area contributed by atoms with Crippen LogP contribution in [0.15, 0.2) is 0 Å². The van der Waals surface area contributed by atoms with Crippen molar-refractivity contribution in [2.24, 2.45) is 17.8 Å². The van der Waals surface area contributed by atoms with Crippen molar-refractivity contribution < 1.29 is 24.3 Å². The van der Waals surface area contributed by atoms with Crippen LogP contribution in [0.1, 0.15) is 25.7 Å². The standard InChI is InChI=1S/C12H17NO5/c1-13(16)12(15)18-10-7-2-6-3-8(5-7)11(14)17-9(10)4-6/h6-10,16H,2-5H2,1H3. The predicted octanol–water partition coefficient (Wildman–Crippen LogP) is 1.17. The van der Waals surface area contributed by atoms with E-state index in [2.05, 4.69) is 0 Å². The molecule has 100 valence electrons. The van der Waals surface area contributed by atoms with Crippen LogP contribution in [-0.4, -0.2) is 41.6 Å². The Morgan fingerprint density at radius 3 is 2.89 bits per heavy atom. The van der Waals surface area contributed by atoms with Gasteiger partial charge in [0.15, 0.2) is 0 Å². The van der Waals surface area contributed by atoms with Crippen LogP contribution in [-0.2, 0) is 14.3 Å². The summed E-state index contributed by atoms with van der Waals surface area (Å²) >= 11 is 0. The molecule has 1 N–H and O–H groups in total. The first kappa shape index (κ1) is 11.8. The van der Waals surface area contributed by atoms with Crippen molar-refractivity contribution in [1.82, 2.24) is 5.06 Å². The third-order valence-electron chi connectivity index (χ3n) is 4.34. The number of esters is 1. The lowest BCUT2D eigenvalue weighted by atomic mass is 9.67. The van der Waals surface area contributed by atoms with E-state index in [1.165, 1.54) is 7.05 Å². The average molecular weight is 255 g/mol. The molecule has 0 aromatic heterocycles. The second-order valence-corrected chi connectivity index (χ2v) is 5.61. The van der Waals surface area contributed by atoms with Crippen LogP contribution in [0.4, 0.5) is 4.79 Å². The highest BCUT2D eigenvalue weighted by Crippen LogP contribution is 2.48. The number of hydroxylamine groups is 2. The Hall–Kier alpha value is -1.30. The van der Waals surface area contributed by atoms with Crippen molar-refractivity contribution in [3.63, 3.8) is 0 Å². The van der Waals surface area contributed by atoms with Gasteiger partial charge in [0.1, 0.15) is 12.2 Å². The van der Waals surface area contributed by atoms with Crippen LogP contribution < -0.4 is 0 Å². The lowest BCUT2D eigenvalue weighted by molar-refractivity contribution is -0.158. The van der Waals surface area contributed by atoms with E-state index in [4.69, 9.17) is 14.7 Å². The average Bonchev–Trinajstić information content (AvgIpc) is 2.47. The smallest absolute Gasteiger partial charge is 0.433 e. The molecule has 4 aliphatic rings. The first-order valence-electron chi connectivity index (χ1n) is 6.38. The summed E-state index contributed by atoms with van der Waals surface area (Å²) in [6, 6.07) is 0. The topological polar surface area (TPSA) is 76.1 Å². The van der Waals surface area contributed by atoms with Crippen LogP contribution in [0.5, 0.6) is 0 Å². The van der Waals surface area contributed by atoms with E-state index in [1.807, 2.05) is 0 Å². The summed E-state index contributed by atoms with van der Waals surface area (Å²) in [7, 11) is 1.22. The third kappa shape index (κ3) is 1.84. The summed E-state index contributed by atoms with van der Waals surface area (Å²) in [4.78, 5) is 23.2. The van der Waals surface area contributed by atoms with Gasteiger partial charge in [-0.3, -0.25) is 10.0 Å². The minimum atomic E-state index is -0.788. The van der Waals surface area contributed by atoms with Gasteiger partial charge >= 0.3 is 12.1 Å². The minimum absolute atomic E-state index is 0.0330. The van der Waals surface area contributed by atoms with Gasteiger partial charge in [-0.05, 0) is 31.6 Å². The second-order valence-electron chi connectivity index (χ2n) is 5.61. The molecule has 2 aliphatic carbocycles. The van der Waals surface area contributed by atoms with Crippen molar-refractivity contribution in [1.29, 1.82) is 0 Å². The van der Waals surface area contributed by atoms with Gasteiger partial charge < -0.3 is 9.47 Å². The van der Waals surface area contributed by atoms with Gasteiger partial charge in [0.2, 0.25) is 0 Å². The van der Waals surface area contributed by atoms with E-state index in [1.54, 1.807) is 0 Å². The van der Waals surface area contributed by atoms with Crippen molar-refractivity contribution >= 4 is 12.1 Å². The molecule has 2 saturated heterocycles. The Labute approximate surface area is 105 Å². The molecule has 2 saturated carbocycles. The van der Waals surface area contributed by atoms with E-state index < -0.39 is 12.2 Å². The second kappa shape index (κ2) is 4.12. The summed E-state index contributed by atoms with van der Waals surface area (Å²) in [5.41, 5.74) is 0. The number of amides is 1. The van der Waals surface area contributed by atoms with Gasteiger partial charge in [0.25, 0.3) is 0 Å². The van der Waals surface area contributed by atoms with Crippen LogP contribution in [0.3, 0.4) is 0 Å². The molecular weight excluding hydrogens is 238 g/mol. The molecule has 6 nitrogen and oxygen atoms in total. The van der Waals surface area contributed by atoms with Crippen LogP contribution in [0.2, 0.25) is 0 Å². The number of carbonyl (C=O) groups excluding carboxylic acids is 2. The molecule has 0 aromatic carbocycles. The maximum atomic E-state index is 11.8. The molecule has 4 fully saturated rings. The first-order chi connectivity index (χ1) is 8.54. The predicted molar refractivity (Wildman–Crippen MR) is 58.6 cm³/mol. The Kier molecular flexibility index (Phi) is 2.69. The van der Waals surface area contributed by atoms with Crippen LogP contribution in [0.25, 0.3) is 0 Å². The van der Waals surface area contributed by atoms with Crippen molar-refractivity contribution in [2.45, 2.75) is 37.9 Å². The SMILES string of the molecule is CN(O)C(=O)OC1C2CC3CC(C2)C(=O)OC1C3. The number of nitrogens with zero attached hydrogens (tertiary/aromatic N) is 1. The summed E-state index contributed by atoms with van der Waals surface area (Å²) < 4.78 is 10.7. The van der Waals surface area contributed by atoms with Crippen LogP contribution in [0, 0.1) is 17.8 Å². The molecule has 18 heavy (non-hydrogen) atoms. The molecule has 2 aliphatic heterocycles. The monoisotopic (exact) mass is 255 g/mol. The Balaban J connectivity index is 1.80. The van der Waals surface area contributed by atoms with Crippen molar-refractivity contribution in [2.75, 3.05) is 7.05 Å². The third-order valence-corrected chi connectivity index (χ3v) is 4.34. The number of hydrogen-bond donors (Lipinski definition) is 1. The number of fused-ring (bicyclic) bond motifs is 1. The number of hydrogen-bond acceptors (Lipinski definition) is 5. The number of rotatable bonds is 1. The first-order valence-corrected chi connectivity index (χ1v) is 6.38. The lowest BCUT2D eigenvalue weighted by Gasteiger charge is -2.41. The fourth-order valence-corrected chi connectivity index (χ4v) is 3.63. The molecule has 0 aromatic rings. The molecule has 5 atom stereocenters. The highest BCUT2D eigenvalue weighted by Gasteiger charge is 2.51. The van der Waals surface area contributed by atoms with E-state index in [9.17, 15) is 9.59 Å². The molecule has 4 rings (SSSR count). The minimum Gasteiger partial charge on any atom is -0.458 e. The Morgan fingerprint density at radius 1 is 1.39 bits per heavy atom. The van der Waals surface area contributed by atoms with Gasteiger partial charge in [-0.2, -0.15) is 5.06 Å². The highest BCUT2D eigenvalue weighted by atomic mass is 16.6. The summed E-state index contributed by atoms with van der Waals surface area (Å²) in [5.74, 6) is 0.507. The zero-order chi connectivity index (χ0) is 12.9. The van der Waals surface area contributed by atoms with Crippen molar-refractivity contribution in [3.05, 3.63) is 0 Å². The maximum Gasteiger partial charge on any atom is 0.433 e. The molecule has 4 bridgehead atoms. The van der Waals surface area contributed by atoms with E-state index in [0.717, 1.165) is 25.7 Å². The van der Waals surface area contributed by atoms with E-state index in [0.29, 0.717) is 11.0 Å². The van der Waals surface area contributed by atoms with Crippen molar-refractivity contribution in [3.8, 4) is 0 Å². The van der Waals surface area contributed by atoms with E-state index in [-0.39, 0.29) is 23.9 Å². The zero-order valence-corrected chi connectivity index (χ0v) is 10.2. The summed E-state index contributed by atoms with van der Waals surface area (Å²) in [6.45, 7) is 0. The Bertz CT molecular complexity index is 383. The zero-order valence-electron chi connectivity index (χ0n) is 10.2. The molecular formula is C12H17NO5. The summed E-state index contributed by atoms with van der Waals surface area (Å²) in [6.07, 6.45) is 1.87. The normalized spacial score (nSPS) is 41.2. The molecule has 0 radical (unpaired) electrons. The van der Waals surface area contributed by atoms with Gasteiger partial charge in [-0.25, -0.2) is 4.79 Å².